The SMILES string of the molecule is C=CC1=CCN=CC=NC(=C)C=C1. The van der Waals surface area contributed by atoms with E-state index in [4.69, 9.17) is 0 Å². The van der Waals surface area contributed by atoms with Crippen molar-refractivity contribution >= 4 is 12.4 Å². The molecule has 2 nitrogen and oxygen atoms in total. The van der Waals surface area contributed by atoms with Crippen LogP contribution in [0.2, 0.25) is 0 Å². The van der Waals surface area contributed by atoms with Gasteiger partial charge in [0.25, 0.3) is 0 Å². The first-order valence-electron chi connectivity index (χ1n) is 4.05. The maximum absolute atomic E-state index is 4.09. The van der Waals surface area contributed by atoms with Crippen LogP contribution in [0, 0.1) is 0 Å². The van der Waals surface area contributed by atoms with Crippen LogP contribution in [0.3, 0.4) is 0 Å². The van der Waals surface area contributed by atoms with Gasteiger partial charge in [-0.25, -0.2) is 0 Å². The van der Waals surface area contributed by atoms with Crippen molar-refractivity contribution in [2.75, 3.05) is 6.54 Å². The molecule has 0 amide bonds. The van der Waals surface area contributed by atoms with Crippen molar-refractivity contribution in [3.63, 3.8) is 0 Å². The Morgan fingerprint density at radius 3 is 2.92 bits per heavy atom. The van der Waals surface area contributed by atoms with Gasteiger partial charge in [0.15, 0.2) is 0 Å². The van der Waals surface area contributed by atoms with Crippen LogP contribution in [-0.2, 0) is 0 Å². The molecule has 0 aromatic rings. The number of rotatable bonds is 1. The van der Waals surface area contributed by atoms with E-state index in [1.165, 1.54) is 0 Å². The number of hydrogen-bond acceptors (Lipinski definition) is 2. The molecule has 1 rings (SSSR count). The summed E-state index contributed by atoms with van der Waals surface area (Å²) in [5, 5.41) is 0. The van der Waals surface area contributed by atoms with Crippen LogP contribution in [0.25, 0.3) is 0 Å². The van der Waals surface area contributed by atoms with Crippen molar-refractivity contribution in [1.29, 1.82) is 0 Å². The summed E-state index contributed by atoms with van der Waals surface area (Å²) in [6.45, 7) is 8.10. The lowest BCUT2D eigenvalue weighted by Crippen LogP contribution is -1.84. The second kappa shape index (κ2) is 5.04. The monoisotopic (exact) mass is 172 g/mol. The summed E-state index contributed by atoms with van der Waals surface area (Å²) in [5.74, 6) is 0. The van der Waals surface area contributed by atoms with Crippen LogP contribution >= 0.6 is 0 Å². The molecule has 0 unspecified atom stereocenters. The zero-order chi connectivity index (χ0) is 9.52. The maximum Gasteiger partial charge on any atom is 0.0579 e. The minimum atomic E-state index is 0.657. The first-order chi connectivity index (χ1) is 6.33. The van der Waals surface area contributed by atoms with Gasteiger partial charge in [-0.1, -0.05) is 31.4 Å². The van der Waals surface area contributed by atoms with Gasteiger partial charge in [0.2, 0.25) is 0 Å². The van der Waals surface area contributed by atoms with Gasteiger partial charge in [0.05, 0.1) is 12.2 Å². The summed E-state index contributed by atoms with van der Waals surface area (Å²) >= 11 is 0. The highest BCUT2D eigenvalue weighted by atomic mass is 14.8. The van der Waals surface area contributed by atoms with Gasteiger partial charge in [-0.05, 0) is 11.6 Å². The molecule has 0 saturated heterocycles. The molecule has 0 atom stereocenters. The Kier molecular flexibility index (Phi) is 3.64. The van der Waals surface area contributed by atoms with E-state index < -0.39 is 0 Å². The van der Waals surface area contributed by atoms with E-state index in [-0.39, 0.29) is 0 Å². The second-order valence-electron chi connectivity index (χ2n) is 2.53. The molecule has 0 bridgehead atoms. The van der Waals surface area contributed by atoms with Gasteiger partial charge in [-0.15, -0.1) is 0 Å². The molecular weight excluding hydrogens is 160 g/mol. The van der Waals surface area contributed by atoms with E-state index in [9.17, 15) is 0 Å². The fourth-order valence-electron chi connectivity index (χ4n) is 0.850. The Bertz CT molecular complexity index is 317. The first-order valence-corrected chi connectivity index (χ1v) is 4.05. The van der Waals surface area contributed by atoms with E-state index in [0.29, 0.717) is 12.2 Å². The van der Waals surface area contributed by atoms with E-state index in [0.717, 1.165) is 5.57 Å². The molecule has 0 aliphatic carbocycles. The third kappa shape index (κ3) is 3.47. The second-order valence-corrected chi connectivity index (χ2v) is 2.53. The van der Waals surface area contributed by atoms with Crippen LogP contribution < -0.4 is 0 Å². The number of hydrogen-bond donors (Lipinski definition) is 0. The molecule has 1 aliphatic heterocycles. The normalized spacial score (nSPS) is 16.9. The Hall–Kier alpha value is -1.70. The molecule has 0 N–H and O–H groups in total. The lowest BCUT2D eigenvalue weighted by atomic mass is 10.2. The minimum absolute atomic E-state index is 0.657. The van der Waals surface area contributed by atoms with Crippen molar-refractivity contribution in [3.8, 4) is 0 Å². The average molecular weight is 172 g/mol. The van der Waals surface area contributed by atoms with Crippen molar-refractivity contribution in [2.24, 2.45) is 9.98 Å². The largest absolute Gasteiger partial charge is 0.287 e. The summed E-state index contributed by atoms with van der Waals surface area (Å²) in [4.78, 5) is 8.13. The molecule has 0 aromatic carbocycles. The molecule has 13 heavy (non-hydrogen) atoms. The Labute approximate surface area is 78.4 Å². The zero-order valence-electron chi connectivity index (χ0n) is 7.48. The molecule has 66 valence electrons. The molecule has 1 heterocycles. The lowest BCUT2D eigenvalue weighted by Gasteiger charge is -1.94. The summed E-state index contributed by atoms with van der Waals surface area (Å²) in [7, 11) is 0. The molecule has 0 fully saturated rings. The van der Waals surface area contributed by atoms with Crippen molar-refractivity contribution in [1.82, 2.24) is 0 Å². The standard InChI is InChI=1S/C11H12N2/c1-3-11-5-4-10(2)13-9-8-12-7-6-11/h3-6,8-9H,1-2,7H2. The summed E-state index contributed by atoms with van der Waals surface area (Å²) in [6, 6.07) is 0. The highest BCUT2D eigenvalue weighted by Gasteiger charge is 1.86. The van der Waals surface area contributed by atoms with E-state index in [2.05, 4.69) is 23.1 Å². The predicted octanol–water partition coefficient (Wildman–Crippen LogP) is 2.32. The quantitative estimate of drug-likeness (QED) is 0.580. The van der Waals surface area contributed by atoms with Gasteiger partial charge >= 0.3 is 0 Å². The number of allylic oxidation sites excluding steroid dienone is 4. The average Bonchev–Trinajstić information content (AvgIpc) is 2.16. The molecule has 0 spiro atoms. The molecule has 0 radical (unpaired) electrons. The van der Waals surface area contributed by atoms with Gasteiger partial charge in [-0.2, -0.15) is 0 Å². The van der Waals surface area contributed by atoms with E-state index >= 15 is 0 Å². The van der Waals surface area contributed by atoms with Crippen LogP contribution in [0.1, 0.15) is 0 Å². The topological polar surface area (TPSA) is 24.7 Å². The fourth-order valence-corrected chi connectivity index (χ4v) is 0.850. The van der Waals surface area contributed by atoms with Crippen LogP contribution in [0.4, 0.5) is 0 Å². The fraction of sp³-hybridized carbons (Fsp3) is 0.0909. The van der Waals surface area contributed by atoms with Crippen LogP contribution in [0.15, 0.2) is 58.7 Å². The third-order valence-electron chi connectivity index (χ3n) is 1.55. The van der Waals surface area contributed by atoms with Gasteiger partial charge in [0.1, 0.15) is 0 Å². The maximum atomic E-state index is 4.09. The highest BCUT2D eigenvalue weighted by molar-refractivity contribution is 6.16. The smallest absolute Gasteiger partial charge is 0.0579 e. The Balaban J connectivity index is 2.86. The Morgan fingerprint density at radius 2 is 2.15 bits per heavy atom. The lowest BCUT2D eigenvalue weighted by molar-refractivity contribution is 1.25. The van der Waals surface area contributed by atoms with Gasteiger partial charge in [0, 0.05) is 12.4 Å². The van der Waals surface area contributed by atoms with E-state index in [1.54, 1.807) is 18.5 Å². The highest BCUT2D eigenvalue weighted by Crippen LogP contribution is 2.03. The van der Waals surface area contributed by atoms with Crippen molar-refractivity contribution in [3.05, 3.63) is 48.7 Å². The van der Waals surface area contributed by atoms with Crippen LogP contribution in [-0.4, -0.2) is 19.0 Å². The van der Waals surface area contributed by atoms with Gasteiger partial charge in [-0.3, -0.25) is 9.98 Å². The van der Waals surface area contributed by atoms with Crippen LogP contribution in [0.5, 0.6) is 0 Å². The number of nitrogens with zero attached hydrogens (tertiary/aromatic N) is 2. The first kappa shape index (κ1) is 9.39. The predicted molar refractivity (Wildman–Crippen MR) is 58.4 cm³/mol. The zero-order valence-corrected chi connectivity index (χ0v) is 7.48. The molecule has 1 aliphatic rings. The van der Waals surface area contributed by atoms with Crippen molar-refractivity contribution < 1.29 is 0 Å². The Morgan fingerprint density at radius 1 is 1.31 bits per heavy atom. The molecule has 0 aromatic heterocycles. The molecular formula is C11H12N2. The van der Waals surface area contributed by atoms with E-state index in [1.807, 2.05) is 18.2 Å². The minimum Gasteiger partial charge on any atom is -0.287 e. The van der Waals surface area contributed by atoms with Gasteiger partial charge < -0.3 is 0 Å². The molecule has 2 heteroatoms. The number of aliphatic imine (C=N–C) groups is 2. The molecule has 0 saturated carbocycles. The summed E-state index contributed by atoms with van der Waals surface area (Å²) in [5.41, 5.74) is 1.75. The third-order valence-corrected chi connectivity index (χ3v) is 1.55. The summed E-state index contributed by atoms with van der Waals surface area (Å²) in [6.07, 6.45) is 10.9. The van der Waals surface area contributed by atoms with Crippen molar-refractivity contribution in [2.45, 2.75) is 0 Å². The summed E-state index contributed by atoms with van der Waals surface area (Å²) < 4.78 is 0.